The predicted octanol–water partition coefficient (Wildman–Crippen LogP) is 4.13. The van der Waals surface area contributed by atoms with Crippen molar-refractivity contribution in [1.29, 1.82) is 0 Å². The normalized spacial score (nSPS) is 25.0. The highest BCUT2D eigenvalue weighted by Gasteiger charge is 2.45. The summed E-state index contributed by atoms with van der Waals surface area (Å²) in [7, 11) is 1.67. The molecule has 1 aliphatic carbocycles. The molecule has 1 saturated heterocycles. The molecule has 142 valence electrons. The Kier molecular flexibility index (Phi) is 4.92. The number of methoxy groups -OCH3 is 1. The van der Waals surface area contributed by atoms with Crippen molar-refractivity contribution in [2.24, 2.45) is 5.41 Å². The molecule has 1 heterocycles. The minimum Gasteiger partial charge on any atom is -0.496 e. The number of ether oxygens (including phenoxy) is 1. The lowest BCUT2D eigenvalue weighted by atomic mass is 9.76. The average molecular weight is 365 g/mol. The number of amides is 1. The molecule has 2 atom stereocenters. The van der Waals surface area contributed by atoms with Gasteiger partial charge in [0.25, 0.3) is 5.91 Å². The van der Waals surface area contributed by atoms with Crippen molar-refractivity contribution >= 4 is 5.91 Å². The quantitative estimate of drug-likeness (QED) is 0.890. The van der Waals surface area contributed by atoms with Crippen molar-refractivity contribution in [1.82, 2.24) is 4.90 Å². The molecule has 1 amide bonds. The SMILES string of the molecule is COc1ccccc1-c1ccc(C(=O)N2CCC[C@@]3(CCC[C@H]3O)C2)cc1. The summed E-state index contributed by atoms with van der Waals surface area (Å²) in [6.07, 6.45) is 4.71. The standard InChI is InChI=1S/C23H27NO3/c1-27-20-7-3-2-6-19(20)17-9-11-18(12-10-17)22(26)24-15-5-14-23(16-24)13-4-8-21(23)25/h2-3,6-7,9-12,21,25H,4-5,8,13-16H2,1H3/t21-,23+/m1/s1. The van der Waals surface area contributed by atoms with E-state index in [4.69, 9.17) is 4.74 Å². The molecule has 1 saturated carbocycles. The summed E-state index contributed by atoms with van der Waals surface area (Å²) in [5.41, 5.74) is 2.68. The molecule has 0 radical (unpaired) electrons. The van der Waals surface area contributed by atoms with E-state index in [1.54, 1.807) is 7.11 Å². The van der Waals surface area contributed by atoms with E-state index < -0.39 is 0 Å². The van der Waals surface area contributed by atoms with Crippen molar-refractivity contribution in [3.63, 3.8) is 0 Å². The van der Waals surface area contributed by atoms with Crippen LogP contribution in [0.5, 0.6) is 5.75 Å². The summed E-state index contributed by atoms with van der Waals surface area (Å²) in [5.74, 6) is 0.893. The number of likely N-dealkylation sites (tertiary alicyclic amines) is 1. The fourth-order valence-corrected chi connectivity index (χ4v) is 4.79. The van der Waals surface area contributed by atoms with E-state index in [0.717, 1.165) is 55.5 Å². The lowest BCUT2D eigenvalue weighted by molar-refractivity contribution is -0.00535. The molecule has 1 N–H and O–H groups in total. The van der Waals surface area contributed by atoms with E-state index in [9.17, 15) is 9.90 Å². The van der Waals surface area contributed by atoms with Crippen molar-refractivity contribution in [3.05, 3.63) is 54.1 Å². The number of carbonyl (C=O) groups is 1. The highest BCUT2D eigenvalue weighted by atomic mass is 16.5. The first-order valence-corrected chi connectivity index (χ1v) is 9.84. The maximum Gasteiger partial charge on any atom is 0.253 e. The number of para-hydroxylation sites is 1. The van der Waals surface area contributed by atoms with Gasteiger partial charge in [0.2, 0.25) is 0 Å². The molecule has 2 aromatic carbocycles. The molecule has 2 aliphatic rings. The highest BCUT2D eigenvalue weighted by Crippen LogP contribution is 2.45. The molecule has 2 aromatic rings. The zero-order valence-electron chi connectivity index (χ0n) is 15.9. The van der Waals surface area contributed by atoms with Gasteiger partial charge in [-0.1, -0.05) is 36.8 Å². The number of benzene rings is 2. The molecule has 0 aromatic heterocycles. The second-order valence-corrected chi connectivity index (χ2v) is 7.88. The molecule has 0 unspecified atom stereocenters. The zero-order chi connectivity index (χ0) is 18.9. The molecule has 27 heavy (non-hydrogen) atoms. The summed E-state index contributed by atoms with van der Waals surface area (Å²) in [6.45, 7) is 1.46. The second kappa shape index (κ2) is 7.35. The lowest BCUT2D eigenvalue weighted by Crippen LogP contribution is -2.49. The Morgan fingerprint density at radius 1 is 1.11 bits per heavy atom. The van der Waals surface area contributed by atoms with Crippen molar-refractivity contribution in [2.75, 3.05) is 20.2 Å². The van der Waals surface area contributed by atoms with E-state index in [0.29, 0.717) is 12.1 Å². The monoisotopic (exact) mass is 365 g/mol. The van der Waals surface area contributed by atoms with Crippen LogP contribution < -0.4 is 4.74 Å². The summed E-state index contributed by atoms with van der Waals surface area (Å²) < 4.78 is 5.44. The molecule has 1 spiro atoms. The molecule has 1 aliphatic heterocycles. The summed E-state index contributed by atoms with van der Waals surface area (Å²) >= 11 is 0. The highest BCUT2D eigenvalue weighted by molar-refractivity contribution is 5.95. The van der Waals surface area contributed by atoms with Gasteiger partial charge in [-0.15, -0.1) is 0 Å². The van der Waals surface area contributed by atoms with Crippen LogP contribution in [-0.4, -0.2) is 42.2 Å². The number of hydrogen-bond donors (Lipinski definition) is 1. The third-order valence-corrected chi connectivity index (χ3v) is 6.30. The van der Waals surface area contributed by atoms with Crippen LogP contribution in [0.3, 0.4) is 0 Å². The Hall–Kier alpha value is -2.33. The van der Waals surface area contributed by atoms with Gasteiger partial charge >= 0.3 is 0 Å². The first-order valence-electron chi connectivity index (χ1n) is 9.84. The van der Waals surface area contributed by atoms with E-state index in [1.165, 1.54) is 0 Å². The number of rotatable bonds is 3. The second-order valence-electron chi connectivity index (χ2n) is 7.88. The van der Waals surface area contributed by atoms with E-state index in [1.807, 2.05) is 53.4 Å². The Bertz CT molecular complexity index is 817. The van der Waals surface area contributed by atoms with Crippen LogP contribution in [0.2, 0.25) is 0 Å². The Morgan fingerprint density at radius 2 is 1.85 bits per heavy atom. The first-order chi connectivity index (χ1) is 13.1. The summed E-state index contributed by atoms with van der Waals surface area (Å²) in [5, 5.41) is 10.4. The predicted molar refractivity (Wildman–Crippen MR) is 106 cm³/mol. The van der Waals surface area contributed by atoms with Crippen LogP contribution >= 0.6 is 0 Å². The van der Waals surface area contributed by atoms with Crippen LogP contribution in [0.1, 0.15) is 42.5 Å². The summed E-state index contributed by atoms with van der Waals surface area (Å²) in [6, 6.07) is 15.7. The van der Waals surface area contributed by atoms with Crippen molar-refractivity contribution < 1.29 is 14.6 Å². The number of carbonyl (C=O) groups excluding carboxylic acids is 1. The largest absolute Gasteiger partial charge is 0.496 e. The molecule has 0 bridgehead atoms. The maximum atomic E-state index is 13.0. The molecule has 4 nitrogen and oxygen atoms in total. The first kappa shape index (κ1) is 18.1. The molecular formula is C23H27NO3. The van der Waals surface area contributed by atoms with Gasteiger partial charge in [0.1, 0.15) is 5.75 Å². The topological polar surface area (TPSA) is 49.8 Å². The minimum atomic E-state index is -0.263. The van der Waals surface area contributed by atoms with Gasteiger partial charge in [0, 0.05) is 29.6 Å². The van der Waals surface area contributed by atoms with Gasteiger partial charge in [0.05, 0.1) is 13.2 Å². The fourth-order valence-electron chi connectivity index (χ4n) is 4.79. The average Bonchev–Trinajstić information content (AvgIpc) is 3.06. The van der Waals surface area contributed by atoms with Crippen LogP contribution in [0.25, 0.3) is 11.1 Å². The van der Waals surface area contributed by atoms with Crippen LogP contribution in [0.4, 0.5) is 0 Å². The van der Waals surface area contributed by atoms with Gasteiger partial charge < -0.3 is 14.7 Å². The van der Waals surface area contributed by atoms with E-state index in [2.05, 4.69) is 0 Å². The number of piperidine rings is 1. The van der Waals surface area contributed by atoms with Crippen molar-refractivity contribution in [2.45, 2.75) is 38.2 Å². The van der Waals surface area contributed by atoms with Gasteiger partial charge in [-0.2, -0.15) is 0 Å². The van der Waals surface area contributed by atoms with E-state index >= 15 is 0 Å². The molecule has 4 rings (SSSR count). The van der Waals surface area contributed by atoms with Gasteiger partial charge in [-0.3, -0.25) is 4.79 Å². The Balaban J connectivity index is 1.53. The number of hydrogen-bond acceptors (Lipinski definition) is 3. The van der Waals surface area contributed by atoms with E-state index in [-0.39, 0.29) is 17.4 Å². The molecular weight excluding hydrogens is 338 g/mol. The van der Waals surface area contributed by atoms with Crippen LogP contribution in [-0.2, 0) is 0 Å². The minimum absolute atomic E-state index is 0.0692. The zero-order valence-corrected chi connectivity index (χ0v) is 15.9. The Labute approximate surface area is 160 Å². The Morgan fingerprint density at radius 3 is 2.56 bits per heavy atom. The smallest absolute Gasteiger partial charge is 0.253 e. The molecule has 4 heteroatoms. The molecule has 2 fully saturated rings. The fraction of sp³-hybridized carbons (Fsp3) is 0.435. The van der Waals surface area contributed by atoms with Gasteiger partial charge in [-0.25, -0.2) is 0 Å². The number of nitrogens with zero attached hydrogens (tertiary/aromatic N) is 1. The van der Waals surface area contributed by atoms with Crippen molar-refractivity contribution in [3.8, 4) is 16.9 Å². The lowest BCUT2D eigenvalue weighted by Gasteiger charge is -2.42. The third kappa shape index (κ3) is 3.34. The number of aliphatic hydroxyl groups is 1. The van der Waals surface area contributed by atoms with Crippen LogP contribution in [0.15, 0.2) is 48.5 Å². The number of aliphatic hydroxyl groups excluding tert-OH is 1. The summed E-state index contributed by atoms with van der Waals surface area (Å²) in [4.78, 5) is 15.0. The van der Waals surface area contributed by atoms with Gasteiger partial charge in [0.15, 0.2) is 0 Å². The maximum absolute atomic E-state index is 13.0. The van der Waals surface area contributed by atoms with Crippen LogP contribution in [0, 0.1) is 5.41 Å². The van der Waals surface area contributed by atoms with Gasteiger partial charge in [-0.05, 0) is 49.4 Å². The third-order valence-electron chi connectivity index (χ3n) is 6.30.